The van der Waals surface area contributed by atoms with Crippen LogP contribution in [-0.2, 0) is 10.0 Å². The molecule has 0 N–H and O–H groups in total. The molecule has 0 aromatic heterocycles. The normalized spacial score (nSPS) is 20.3. The number of anilines is 1. The van der Waals surface area contributed by atoms with E-state index in [2.05, 4.69) is 0 Å². The summed E-state index contributed by atoms with van der Waals surface area (Å²) in [4.78, 5) is 1.96. The Morgan fingerprint density at radius 2 is 2.16 bits per heavy atom. The van der Waals surface area contributed by atoms with Crippen molar-refractivity contribution >= 4 is 27.3 Å². The van der Waals surface area contributed by atoms with Crippen LogP contribution in [0.5, 0.6) is 0 Å². The van der Waals surface area contributed by atoms with E-state index < -0.39 is 15.8 Å². The molecule has 7 heteroatoms. The summed E-state index contributed by atoms with van der Waals surface area (Å²) >= 11 is 5.65. The van der Waals surface area contributed by atoms with Crippen molar-refractivity contribution in [2.75, 3.05) is 31.3 Å². The molecule has 0 bridgehead atoms. The smallest absolute Gasteiger partial charge is 0.211 e. The third-order valence-corrected chi connectivity index (χ3v) is 5.12. The van der Waals surface area contributed by atoms with E-state index in [1.807, 2.05) is 4.90 Å². The topological polar surface area (TPSA) is 40.6 Å². The predicted molar refractivity (Wildman–Crippen MR) is 74.6 cm³/mol. The van der Waals surface area contributed by atoms with E-state index in [0.717, 1.165) is 12.1 Å². The third-order valence-electron chi connectivity index (χ3n) is 3.47. The highest BCUT2D eigenvalue weighted by atomic mass is 35.5. The first-order chi connectivity index (χ1) is 8.79. The number of hydrogen-bond acceptors (Lipinski definition) is 3. The fraction of sp³-hybridized carbons (Fsp3) is 0.500. The Morgan fingerprint density at radius 1 is 1.47 bits per heavy atom. The molecule has 2 rings (SSSR count). The Kier molecular flexibility index (Phi) is 4.03. The summed E-state index contributed by atoms with van der Waals surface area (Å²) in [6, 6.07) is 4.56. The molecular formula is C12H16ClFN2O2S. The number of benzene rings is 1. The Morgan fingerprint density at radius 3 is 2.74 bits per heavy atom. The van der Waals surface area contributed by atoms with Crippen LogP contribution in [0.2, 0.25) is 5.02 Å². The van der Waals surface area contributed by atoms with Crippen molar-refractivity contribution in [1.82, 2.24) is 4.31 Å². The highest BCUT2D eigenvalue weighted by Gasteiger charge is 2.30. The number of nitrogens with zero attached hydrogens (tertiary/aromatic N) is 2. The van der Waals surface area contributed by atoms with Crippen molar-refractivity contribution in [2.45, 2.75) is 12.5 Å². The number of sulfonamides is 1. The number of rotatable bonds is 3. The summed E-state index contributed by atoms with van der Waals surface area (Å²) in [6.07, 6.45) is 1.92. The van der Waals surface area contributed by atoms with E-state index in [1.54, 1.807) is 13.1 Å². The van der Waals surface area contributed by atoms with Crippen LogP contribution >= 0.6 is 11.6 Å². The predicted octanol–water partition coefficient (Wildman–Crippen LogP) is 1.95. The molecular weight excluding hydrogens is 291 g/mol. The van der Waals surface area contributed by atoms with Crippen molar-refractivity contribution < 1.29 is 12.8 Å². The minimum Gasteiger partial charge on any atom is -0.370 e. The molecule has 1 aliphatic heterocycles. The monoisotopic (exact) mass is 306 g/mol. The van der Waals surface area contributed by atoms with Gasteiger partial charge in [0.05, 0.1) is 11.3 Å². The summed E-state index contributed by atoms with van der Waals surface area (Å²) in [5.41, 5.74) is 0.728. The molecule has 0 saturated carbocycles. The van der Waals surface area contributed by atoms with Crippen molar-refractivity contribution in [1.29, 1.82) is 0 Å². The van der Waals surface area contributed by atoms with Crippen molar-refractivity contribution in [3.63, 3.8) is 0 Å². The van der Waals surface area contributed by atoms with Crippen LogP contribution in [-0.4, -0.2) is 45.2 Å². The molecule has 1 heterocycles. The molecule has 0 amide bonds. The van der Waals surface area contributed by atoms with E-state index in [1.165, 1.54) is 22.7 Å². The van der Waals surface area contributed by atoms with Crippen molar-refractivity contribution in [2.24, 2.45) is 0 Å². The minimum atomic E-state index is -3.20. The van der Waals surface area contributed by atoms with Gasteiger partial charge in [0.15, 0.2) is 0 Å². The molecule has 4 nitrogen and oxygen atoms in total. The summed E-state index contributed by atoms with van der Waals surface area (Å²) < 4.78 is 37.8. The van der Waals surface area contributed by atoms with E-state index in [-0.39, 0.29) is 11.1 Å². The lowest BCUT2D eigenvalue weighted by Gasteiger charge is -2.23. The molecule has 0 spiro atoms. The molecule has 1 fully saturated rings. The van der Waals surface area contributed by atoms with Gasteiger partial charge in [0.2, 0.25) is 10.0 Å². The van der Waals surface area contributed by atoms with E-state index >= 15 is 0 Å². The zero-order valence-corrected chi connectivity index (χ0v) is 12.4. The van der Waals surface area contributed by atoms with Gasteiger partial charge < -0.3 is 4.90 Å². The molecule has 106 valence electrons. The van der Waals surface area contributed by atoms with Gasteiger partial charge in [0.25, 0.3) is 0 Å². The van der Waals surface area contributed by atoms with Crippen molar-refractivity contribution in [3.8, 4) is 0 Å². The molecule has 19 heavy (non-hydrogen) atoms. The van der Waals surface area contributed by atoms with Gasteiger partial charge in [-0.15, -0.1) is 0 Å². The molecule has 1 aromatic rings. The van der Waals surface area contributed by atoms with Gasteiger partial charge in [-0.3, -0.25) is 0 Å². The van der Waals surface area contributed by atoms with Crippen molar-refractivity contribution in [3.05, 3.63) is 29.0 Å². The lowest BCUT2D eigenvalue weighted by molar-refractivity contribution is 0.393. The summed E-state index contributed by atoms with van der Waals surface area (Å²) in [6.45, 7) is 1.26. The van der Waals surface area contributed by atoms with Gasteiger partial charge in [0.1, 0.15) is 5.82 Å². The van der Waals surface area contributed by atoms with Crippen LogP contribution < -0.4 is 4.90 Å². The summed E-state index contributed by atoms with van der Waals surface area (Å²) in [5.74, 6) is -0.459. The average molecular weight is 307 g/mol. The summed E-state index contributed by atoms with van der Waals surface area (Å²) in [5, 5.41) is 0.0905. The maximum atomic E-state index is 13.4. The molecule has 0 aliphatic carbocycles. The highest BCUT2D eigenvalue weighted by molar-refractivity contribution is 7.88. The quantitative estimate of drug-likeness (QED) is 0.857. The van der Waals surface area contributed by atoms with Gasteiger partial charge in [0, 0.05) is 31.9 Å². The van der Waals surface area contributed by atoms with Crippen LogP contribution in [0.25, 0.3) is 0 Å². The van der Waals surface area contributed by atoms with E-state index in [9.17, 15) is 12.8 Å². The second-order valence-electron chi connectivity index (χ2n) is 4.77. The second kappa shape index (κ2) is 5.26. The standard InChI is InChI=1S/C12H16ClFN2O2S/c1-15(19(2,17)18)10-5-6-16(8-10)9-3-4-11(13)12(14)7-9/h3-4,7,10H,5-6,8H2,1-2H3/t10-/m0/s1. The lowest BCUT2D eigenvalue weighted by Crippen LogP contribution is -2.38. The lowest BCUT2D eigenvalue weighted by atomic mass is 10.3. The van der Waals surface area contributed by atoms with Gasteiger partial charge in [-0.2, -0.15) is 0 Å². The van der Waals surface area contributed by atoms with Gasteiger partial charge in [-0.25, -0.2) is 17.1 Å². The average Bonchev–Trinajstić information content (AvgIpc) is 2.79. The zero-order chi connectivity index (χ0) is 14.2. The van der Waals surface area contributed by atoms with E-state index in [0.29, 0.717) is 13.1 Å². The van der Waals surface area contributed by atoms with E-state index in [4.69, 9.17) is 11.6 Å². The van der Waals surface area contributed by atoms with Crippen LogP contribution in [0.3, 0.4) is 0 Å². The molecule has 1 aromatic carbocycles. The second-order valence-corrected chi connectivity index (χ2v) is 7.22. The number of halogens is 2. The fourth-order valence-electron chi connectivity index (χ4n) is 2.23. The molecule has 1 saturated heterocycles. The van der Waals surface area contributed by atoms with Gasteiger partial charge in [-0.1, -0.05) is 11.6 Å². The molecule has 1 atom stereocenters. The molecule has 1 aliphatic rings. The minimum absolute atomic E-state index is 0.0752. The van der Waals surface area contributed by atoms with Crippen LogP contribution in [0.15, 0.2) is 18.2 Å². The highest BCUT2D eigenvalue weighted by Crippen LogP contribution is 2.26. The Balaban J connectivity index is 2.12. The Bertz CT molecular complexity index is 579. The first kappa shape index (κ1) is 14.6. The number of hydrogen-bond donors (Lipinski definition) is 0. The molecule has 0 unspecified atom stereocenters. The first-order valence-corrected chi connectivity index (χ1v) is 8.14. The maximum absolute atomic E-state index is 13.4. The fourth-order valence-corrected chi connectivity index (χ4v) is 3.06. The van der Waals surface area contributed by atoms with Crippen LogP contribution in [0.4, 0.5) is 10.1 Å². The Hall–Kier alpha value is -0.850. The maximum Gasteiger partial charge on any atom is 0.211 e. The summed E-state index contributed by atoms with van der Waals surface area (Å²) in [7, 11) is -1.62. The zero-order valence-electron chi connectivity index (χ0n) is 10.8. The van der Waals surface area contributed by atoms with Crippen LogP contribution in [0, 0.1) is 5.82 Å². The largest absolute Gasteiger partial charge is 0.370 e. The first-order valence-electron chi connectivity index (χ1n) is 5.92. The van der Waals surface area contributed by atoms with Gasteiger partial charge in [-0.05, 0) is 24.6 Å². The molecule has 0 radical (unpaired) electrons. The SMILES string of the molecule is CN([C@H]1CCN(c2ccc(Cl)c(F)c2)C1)S(C)(=O)=O. The van der Waals surface area contributed by atoms with Crippen LogP contribution in [0.1, 0.15) is 6.42 Å². The van der Waals surface area contributed by atoms with Gasteiger partial charge >= 0.3 is 0 Å². The third kappa shape index (κ3) is 3.19. The number of likely N-dealkylation sites (N-methyl/N-ethyl adjacent to an activating group) is 1. The Labute approximate surface area is 117 Å².